The van der Waals surface area contributed by atoms with E-state index in [1.165, 1.54) is 52.0 Å². The third kappa shape index (κ3) is 4.68. The molecular weight excluding hydrogens is 453 g/mol. The van der Waals surface area contributed by atoms with Gasteiger partial charge >= 0.3 is 0 Å². The van der Waals surface area contributed by atoms with Crippen molar-refractivity contribution in [2.24, 2.45) is 4.99 Å². The van der Waals surface area contributed by atoms with E-state index in [0.29, 0.717) is 35.7 Å². The summed E-state index contributed by atoms with van der Waals surface area (Å²) in [6.45, 7) is 1.91. The Morgan fingerprint density at radius 2 is 1.84 bits per heavy atom. The number of methoxy groups -OCH3 is 1. The molecule has 1 fully saturated rings. The summed E-state index contributed by atoms with van der Waals surface area (Å²) < 4.78 is 48.4. The summed E-state index contributed by atoms with van der Waals surface area (Å²) in [6.07, 6.45) is 2.75. The minimum Gasteiger partial charge on any atom is -0.383 e. The van der Waals surface area contributed by atoms with E-state index in [4.69, 9.17) is 4.74 Å². The van der Waals surface area contributed by atoms with Crippen LogP contribution < -0.4 is 4.80 Å². The van der Waals surface area contributed by atoms with E-state index in [0.717, 1.165) is 24.8 Å². The van der Waals surface area contributed by atoms with Gasteiger partial charge in [-0.05, 0) is 55.3 Å². The highest BCUT2D eigenvalue weighted by molar-refractivity contribution is 7.89. The number of carbonyl (C=O) groups excluding carboxylic acids is 1. The fraction of sp³-hybridized carbons (Fsp3) is 0.364. The lowest BCUT2D eigenvalue weighted by molar-refractivity contribution is 0.0997. The lowest BCUT2D eigenvalue weighted by Crippen LogP contribution is -2.35. The van der Waals surface area contributed by atoms with Crippen molar-refractivity contribution in [2.75, 3.05) is 26.8 Å². The Morgan fingerprint density at radius 3 is 2.53 bits per heavy atom. The number of piperidine rings is 1. The number of hydrogen-bond acceptors (Lipinski definition) is 5. The molecule has 170 valence electrons. The average Bonchev–Trinajstić information content (AvgIpc) is 3.14. The van der Waals surface area contributed by atoms with Crippen LogP contribution in [0.5, 0.6) is 0 Å². The van der Waals surface area contributed by atoms with Gasteiger partial charge in [0, 0.05) is 32.3 Å². The molecular formula is C22H24FN3O4S2. The monoisotopic (exact) mass is 477 g/mol. The molecule has 3 aromatic rings. The molecule has 0 unspecified atom stereocenters. The van der Waals surface area contributed by atoms with Crippen LogP contribution >= 0.6 is 11.3 Å². The summed E-state index contributed by atoms with van der Waals surface area (Å²) in [7, 11) is -1.98. The van der Waals surface area contributed by atoms with Gasteiger partial charge in [0.05, 0.1) is 21.7 Å². The number of carbonyl (C=O) groups is 1. The molecule has 0 aliphatic carbocycles. The van der Waals surface area contributed by atoms with Crippen molar-refractivity contribution in [3.63, 3.8) is 0 Å². The van der Waals surface area contributed by atoms with Gasteiger partial charge in [-0.15, -0.1) is 0 Å². The van der Waals surface area contributed by atoms with Crippen LogP contribution in [0.15, 0.2) is 52.4 Å². The first-order chi connectivity index (χ1) is 15.4. The number of thiazole rings is 1. The molecule has 0 spiro atoms. The Morgan fingerprint density at radius 1 is 1.12 bits per heavy atom. The molecule has 0 atom stereocenters. The molecule has 32 heavy (non-hydrogen) atoms. The Bertz CT molecular complexity index is 1290. The number of hydrogen-bond donors (Lipinski definition) is 0. The van der Waals surface area contributed by atoms with E-state index in [9.17, 15) is 17.6 Å². The number of aromatic nitrogens is 1. The fourth-order valence-electron chi connectivity index (χ4n) is 3.71. The molecule has 0 N–H and O–H groups in total. The van der Waals surface area contributed by atoms with Crippen molar-refractivity contribution >= 4 is 37.5 Å². The number of fused-ring (bicyclic) bond motifs is 1. The zero-order chi connectivity index (χ0) is 22.7. The SMILES string of the molecule is COCCn1c(=NC(=O)c2ccc(S(=O)(=O)N3CCCCC3)cc2)sc2cc(F)ccc21. The maximum atomic E-state index is 13.6. The van der Waals surface area contributed by atoms with Gasteiger partial charge in [-0.3, -0.25) is 4.79 Å². The molecule has 1 aliphatic rings. The van der Waals surface area contributed by atoms with E-state index in [1.807, 2.05) is 4.57 Å². The second-order valence-corrected chi connectivity index (χ2v) is 10.5. The first kappa shape index (κ1) is 22.8. The van der Waals surface area contributed by atoms with Crippen LogP contribution in [0.1, 0.15) is 29.6 Å². The Balaban J connectivity index is 1.64. The predicted molar refractivity (Wildman–Crippen MR) is 121 cm³/mol. The van der Waals surface area contributed by atoms with E-state index >= 15 is 0 Å². The number of nitrogens with zero attached hydrogens (tertiary/aromatic N) is 3. The normalized spacial score (nSPS) is 16.0. The van der Waals surface area contributed by atoms with E-state index in [1.54, 1.807) is 13.2 Å². The number of sulfonamides is 1. The summed E-state index contributed by atoms with van der Waals surface area (Å²) in [6, 6.07) is 10.3. The van der Waals surface area contributed by atoms with Crippen LogP contribution in [-0.4, -0.2) is 50.0 Å². The van der Waals surface area contributed by atoms with Gasteiger partial charge < -0.3 is 9.30 Å². The molecule has 0 radical (unpaired) electrons. The van der Waals surface area contributed by atoms with Crippen molar-refractivity contribution in [1.82, 2.24) is 8.87 Å². The van der Waals surface area contributed by atoms with Crippen LogP contribution in [0.25, 0.3) is 10.2 Å². The van der Waals surface area contributed by atoms with Gasteiger partial charge in [-0.1, -0.05) is 17.8 Å². The molecule has 0 saturated carbocycles. The summed E-state index contributed by atoms with van der Waals surface area (Å²) in [5, 5.41) is 0. The van der Waals surface area contributed by atoms with Gasteiger partial charge in [-0.25, -0.2) is 12.8 Å². The molecule has 10 heteroatoms. The van der Waals surface area contributed by atoms with Gasteiger partial charge in [0.1, 0.15) is 5.82 Å². The van der Waals surface area contributed by atoms with Crippen LogP contribution in [0, 0.1) is 5.82 Å². The summed E-state index contributed by atoms with van der Waals surface area (Å²) in [4.78, 5) is 17.6. The maximum absolute atomic E-state index is 13.6. The van der Waals surface area contributed by atoms with Crippen LogP contribution in [0.2, 0.25) is 0 Å². The van der Waals surface area contributed by atoms with Crippen molar-refractivity contribution in [3.8, 4) is 0 Å². The lowest BCUT2D eigenvalue weighted by atomic mass is 10.2. The number of rotatable bonds is 6. The van der Waals surface area contributed by atoms with Crippen molar-refractivity contribution in [1.29, 1.82) is 0 Å². The second kappa shape index (κ2) is 9.62. The minimum atomic E-state index is -3.56. The van der Waals surface area contributed by atoms with Crippen LogP contribution in [0.4, 0.5) is 4.39 Å². The standard InChI is InChI=1S/C22H24FN3O4S2/c1-30-14-13-26-19-10-7-17(23)15-20(19)31-22(26)24-21(27)16-5-8-18(9-6-16)32(28,29)25-11-3-2-4-12-25/h5-10,15H,2-4,11-14H2,1H3. The van der Waals surface area contributed by atoms with Crippen molar-refractivity contribution in [3.05, 3.63) is 58.6 Å². The first-order valence-corrected chi connectivity index (χ1v) is 12.6. The highest BCUT2D eigenvalue weighted by atomic mass is 32.2. The number of amides is 1. The first-order valence-electron chi connectivity index (χ1n) is 10.4. The number of ether oxygens (including phenoxy) is 1. The van der Waals surface area contributed by atoms with Crippen molar-refractivity contribution < 1.29 is 22.3 Å². The topological polar surface area (TPSA) is 81.0 Å². The Labute approximate surface area is 189 Å². The van der Waals surface area contributed by atoms with E-state index < -0.39 is 15.9 Å². The van der Waals surface area contributed by atoms with Gasteiger partial charge in [0.15, 0.2) is 4.80 Å². The molecule has 1 aromatic heterocycles. The minimum absolute atomic E-state index is 0.170. The van der Waals surface area contributed by atoms with E-state index in [-0.39, 0.29) is 16.3 Å². The average molecular weight is 478 g/mol. The Kier molecular flexibility index (Phi) is 6.85. The zero-order valence-corrected chi connectivity index (χ0v) is 19.3. The summed E-state index contributed by atoms with van der Waals surface area (Å²) >= 11 is 1.22. The third-order valence-corrected chi connectivity index (χ3v) is 8.37. The molecule has 2 heterocycles. The molecule has 1 aliphatic heterocycles. The highest BCUT2D eigenvalue weighted by Gasteiger charge is 2.26. The van der Waals surface area contributed by atoms with E-state index in [2.05, 4.69) is 4.99 Å². The summed E-state index contributed by atoms with van der Waals surface area (Å²) in [5.41, 5.74) is 1.05. The van der Waals surface area contributed by atoms with Gasteiger partial charge in [0.25, 0.3) is 5.91 Å². The molecule has 4 rings (SSSR count). The lowest BCUT2D eigenvalue weighted by Gasteiger charge is -2.25. The summed E-state index contributed by atoms with van der Waals surface area (Å²) in [5.74, 6) is -0.855. The highest BCUT2D eigenvalue weighted by Crippen LogP contribution is 2.22. The molecule has 7 nitrogen and oxygen atoms in total. The number of halogens is 1. The predicted octanol–water partition coefficient (Wildman–Crippen LogP) is 3.40. The van der Waals surface area contributed by atoms with Gasteiger partial charge in [0.2, 0.25) is 10.0 Å². The molecule has 1 amide bonds. The fourth-order valence-corrected chi connectivity index (χ4v) is 6.30. The number of benzene rings is 2. The van der Waals surface area contributed by atoms with Crippen LogP contribution in [0.3, 0.4) is 0 Å². The van der Waals surface area contributed by atoms with Gasteiger partial charge in [-0.2, -0.15) is 9.30 Å². The van der Waals surface area contributed by atoms with Crippen LogP contribution in [-0.2, 0) is 21.3 Å². The zero-order valence-electron chi connectivity index (χ0n) is 17.7. The maximum Gasteiger partial charge on any atom is 0.279 e. The molecule has 1 saturated heterocycles. The third-order valence-electron chi connectivity index (χ3n) is 5.42. The molecule has 0 bridgehead atoms. The largest absolute Gasteiger partial charge is 0.383 e. The second-order valence-electron chi connectivity index (χ2n) is 7.55. The Hall–Kier alpha value is -2.40. The molecule has 2 aromatic carbocycles. The quantitative estimate of drug-likeness (QED) is 0.545. The van der Waals surface area contributed by atoms with Crippen molar-refractivity contribution in [2.45, 2.75) is 30.7 Å². The smallest absolute Gasteiger partial charge is 0.279 e.